The van der Waals surface area contributed by atoms with Gasteiger partial charge in [-0.2, -0.15) is 5.10 Å². The third kappa shape index (κ3) is 5.24. The van der Waals surface area contributed by atoms with Crippen LogP contribution in [0, 0.1) is 13.8 Å². The topological polar surface area (TPSA) is 84.3 Å². The first kappa shape index (κ1) is 22.4. The molecule has 1 fully saturated rings. The summed E-state index contributed by atoms with van der Waals surface area (Å²) in [5.41, 5.74) is 2.45. The predicted molar refractivity (Wildman–Crippen MR) is 118 cm³/mol. The fraction of sp³-hybridized carbons (Fsp3) is 0.300. The van der Waals surface area contributed by atoms with Gasteiger partial charge < -0.3 is 5.32 Å². The fourth-order valence-corrected chi connectivity index (χ4v) is 4.19. The summed E-state index contributed by atoms with van der Waals surface area (Å²) in [6.07, 6.45) is 1.81. The van der Waals surface area contributed by atoms with Crippen LogP contribution in [0.1, 0.15) is 23.4 Å². The minimum absolute atomic E-state index is 0.0942. The van der Waals surface area contributed by atoms with Gasteiger partial charge in [-0.15, -0.1) is 0 Å². The van der Waals surface area contributed by atoms with E-state index >= 15 is 0 Å². The van der Waals surface area contributed by atoms with E-state index in [0.29, 0.717) is 22.2 Å². The van der Waals surface area contributed by atoms with Gasteiger partial charge in [-0.25, -0.2) is 0 Å². The monoisotopic (exact) mass is 466 g/mol. The highest BCUT2D eigenvalue weighted by Gasteiger charge is 2.34. The Morgan fingerprint density at radius 1 is 1.23 bits per heavy atom. The molecule has 2 aromatic rings. The molecular formula is C20H20Cl2N4O3S. The van der Waals surface area contributed by atoms with Crippen LogP contribution in [0.5, 0.6) is 0 Å². The number of carbonyl (C=O) groups excluding carboxylic acids is 3. The van der Waals surface area contributed by atoms with Crippen LogP contribution in [0.15, 0.2) is 29.2 Å². The van der Waals surface area contributed by atoms with E-state index in [9.17, 15) is 14.4 Å². The Labute approximate surface area is 188 Å². The highest BCUT2D eigenvalue weighted by atomic mass is 35.5. The third-order valence-electron chi connectivity index (χ3n) is 4.45. The van der Waals surface area contributed by atoms with Crippen LogP contribution in [-0.2, 0) is 16.1 Å². The largest absolute Gasteiger partial charge is 0.354 e. The first-order chi connectivity index (χ1) is 14.3. The fourth-order valence-electron chi connectivity index (χ4n) is 2.97. The number of imide groups is 1. The van der Waals surface area contributed by atoms with E-state index in [0.717, 1.165) is 28.0 Å². The zero-order valence-corrected chi connectivity index (χ0v) is 18.8. The van der Waals surface area contributed by atoms with Gasteiger partial charge in [0.2, 0.25) is 5.91 Å². The van der Waals surface area contributed by atoms with Gasteiger partial charge in [0.05, 0.1) is 20.6 Å². The molecule has 0 bridgehead atoms. The van der Waals surface area contributed by atoms with Crippen molar-refractivity contribution in [3.05, 3.63) is 56.2 Å². The van der Waals surface area contributed by atoms with E-state index in [4.69, 9.17) is 23.2 Å². The molecule has 7 nitrogen and oxygen atoms in total. The first-order valence-corrected chi connectivity index (χ1v) is 10.8. The Hall–Kier alpha value is -2.29. The maximum Gasteiger partial charge on any atom is 0.293 e. The number of amides is 3. The Morgan fingerprint density at radius 3 is 2.70 bits per heavy atom. The van der Waals surface area contributed by atoms with Gasteiger partial charge in [0, 0.05) is 31.7 Å². The number of nitrogens with one attached hydrogen (secondary N) is 1. The molecule has 158 valence electrons. The third-order valence-corrected chi connectivity index (χ3v) is 6.19. The van der Waals surface area contributed by atoms with Crippen molar-refractivity contribution in [1.82, 2.24) is 20.0 Å². The highest BCUT2D eigenvalue weighted by Crippen LogP contribution is 2.34. The number of halogens is 2. The quantitative estimate of drug-likeness (QED) is 0.622. The Balaban J connectivity index is 1.52. The summed E-state index contributed by atoms with van der Waals surface area (Å²) in [5, 5.41) is 7.35. The van der Waals surface area contributed by atoms with Gasteiger partial charge >= 0.3 is 0 Å². The average Bonchev–Trinajstić information content (AvgIpc) is 3.15. The molecule has 2 heterocycles. The standard InChI is InChI=1S/C20H20Cl2N4O3S/c1-12-10-13(2)26(24-12)8-6-17(27)23-7-9-25-19(28)16(30-20(25)29)11-14-4-3-5-15(21)18(14)22/h3-5,10-11H,6-9H2,1-2H3,(H,23,27). The Bertz CT molecular complexity index is 1040. The van der Waals surface area contributed by atoms with Crippen molar-refractivity contribution in [2.45, 2.75) is 26.8 Å². The molecular weight excluding hydrogens is 447 g/mol. The molecule has 1 aromatic carbocycles. The second kappa shape index (κ2) is 9.68. The molecule has 3 amide bonds. The average molecular weight is 467 g/mol. The van der Waals surface area contributed by atoms with Crippen LogP contribution in [0.25, 0.3) is 6.08 Å². The molecule has 0 atom stereocenters. The number of rotatable bonds is 7. The number of benzene rings is 1. The van der Waals surface area contributed by atoms with Gasteiger partial charge in [-0.1, -0.05) is 35.3 Å². The summed E-state index contributed by atoms with van der Waals surface area (Å²) in [4.78, 5) is 38.2. The minimum Gasteiger partial charge on any atom is -0.354 e. The zero-order valence-electron chi connectivity index (χ0n) is 16.4. The van der Waals surface area contributed by atoms with Gasteiger partial charge in [0.15, 0.2) is 0 Å². The first-order valence-electron chi connectivity index (χ1n) is 9.23. The molecule has 30 heavy (non-hydrogen) atoms. The van der Waals surface area contributed by atoms with Gasteiger partial charge in [0.1, 0.15) is 0 Å². The zero-order chi connectivity index (χ0) is 21.8. The lowest BCUT2D eigenvalue weighted by molar-refractivity contribution is -0.124. The van der Waals surface area contributed by atoms with E-state index in [1.165, 1.54) is 0 Å². The number of nitrogens with zero attached hydrogens (tertiary/aromatic N) is 3. The molecule has 3 rings (SSSR count). The van der Waals surface area contributed by atoms with Crippen LogP contribution in [0.4, 0.5) is 4.79 Å². The van der Waals surface area contributed by atoms with Crippen molar-refractivity contribution < 1.29 is 14.4 Å². The molecule has 10 heteroatoms. The van der Waals surface area contributed by atoms with Crippen LogP contribution in [-0.4, -0.2) is 44.8 Å². The predicted octanol–water partition coefficient (Wildman–Crippen LogP) is 4.05. The van der Waals surface area contributed by atoms with Crippen molar-refractivity contribution in [2.24, 2.45) is 0 Å². The number of hydrogen-bond donors (Lipinski definition) is 1. The molecule has 1 aliphatic heterocycles. The van der Waals surface area contributed by atoms with Gasteiger partial charge in [-0.3, -0.25) is 24.0 Å². The molecule has 1 aromatic heterocycles. The lowest BCUT2D eigenvalue weighted by Gasteiger charge is -2.13. The molecule has 1 aliphatic rings. The van der Waals surface area contributed by atoms with E-state index in [2.05, 4.69) is 10.4 Å². The highest BCUT2D eigenvalue weighted by molar-refractivity contribution is 8.18. The summed E-state index contributed by atoms with van der Waals surface area (Å²) >= 11 is 13.0. The summed E-state index contributed by atoms with van der Waals surface area (Å²) in [5.74, 6) is -0.589. The van der Waals surface area contributed by atoms with E-state index in [1.54, 1.807) is 29.0 Å². The number of thioether (sulfide) groups is 1. The van der Waals surface area contributed by atoms with Crippen LogP contribution < -0.4 is 5.32 Å². The summed E-state index contributed by atoms with van der Waals surface area (Å²) < 4.78 is 1.77. The molecule has 1 saturated heterocycles. The molecule has 1 N–H and O–H groups in total. The van der Waals surface area contributed by atoms with E-state index in [1.807, 2.05) is 19.9 Å². The molecule has 0 unspecified atom stereocenters. The van der Waals surface area contributed by atoms with Gasteiger partial charge in [0.25, 0.3) is 11.1 Å². The minimum atomic E-state index is -0.419. The summed E-state index contributed by atoms with van der Waals surface area (Å²) in [6, 6.07) is 7.02. The van der Waals surface area contributed by atoms with Crippen molar-refractivity contribution in [1.29, 1.82) is 0 Å². The van der Waals surface area contributed by atoms with Gasteiger partial charge in [-0.05, 0) is 49.4 Å². The van der Waals surface area contributed by atoms with Crippen molar-refractivity contribution in [3.63, 3.8) is 0 Å². The maximum absolute atomic E-state index is 12.6. The van der Waals surface area contributed by atoms with Crippen LogP contribution >= 0.6 is 35.0 Å². The molecule has 0 saturated carbocycles. The van der Waals surface area contributed by atoms with Crippen LogP contribution in [0.3, 0.4) is 0 Å². The Morgan fingerprint density at radius 2 is 2.00 bits per heavy atom. The SMILES string of the molecule is Cc1cc(C)n(CCC(=O)NCCN2C(=O)SC(=Cc3cccc(Cl)c3Cl)C2=O)n1. The summed E-state index contributed by atoms with van der Waals surface area (Å²) in [6.45, 7) is 4.57. The van der Waals surface area contributed by atoms with Crippen LogP contribution in [0.2, 0.25) is 10.0 Å². The number of aryl methyl sites for hydroxylation is 3. The second-order valence-electron chi connectivity index (χ2n) is 6.73. The smallest absolute Gasteiger partial charge is 0.293 e. The summed E-state index contributed by atoms with van der Waals surface area (Å²) in [7, 11) is 0. The molecule has 0 aliphatic carbocycles. The normalized spacial score (nSPS) is 15.3. The van der Waals surface area contributed by atoms with Crippen molar-refractivity contribution in [3.8, 4) is 0 Å². The maximum atomic E-state index is 12.6. The molecule has 0 radical (unpaired) electrons. The number of aromatic nitrogens is 2. The van der Waals surface area contributed by atoms with E-state index in [-0.39, 0.29) is 35.6 Å². The molecule has 0 spiro atoms. The number of hydrogen-bond acceptors (Lipinski definition) is 5. The second-order valence-corrected chi connectivity index (χ2v) is 8.50. The Kier molecular flexibility index (Phi) is 7.23. The van der Waals surface area contributed by atoms with E-state index < -0.39 is 5.91 Å². The van der Waals surface area contributed by atoms with Crippen molar-refractivity contribution in [2.75, 3.05) is 13.1 Å². The van der Waals surface area contributed by atoms with Crippen molar-refractivity contribution >= 4 is 58.1 Å². The lowest BCUT2D eigenvalue weighted by atomic mass is 10.2. The number of carbonyl (C=O) groups is 3. The lowest BCUT2D eigenvalue weighted by Crippen LogP contribution is -2.37.